The van der Waals surface area contributed by atoms with E-state index in [0.717, 1.165) is 67.2 Å². The number of nitrogens with zero attached hydrogens (tertiary/aromatic N) is 15. The highest BCUT2D eigenvalue weighted by Gasteiger charge is 2.21. The van der Waals surface area contributed by atoms with Gasteiger partial charge in [0, 0.05) is 89.5 Å². The number of pyridine rings is 3. The molecular weight excluding hydrogens is 859 g/mol. The molecular formula is C54H33N15. The Bertz CT molecular complexity index is 3560. The molecule has 0 atom stereocenters. The first-order valence-electron chi connectivity index (χ1n) is 22.0. The quantitative estimate of drug-likeness (QED) is 0.135. The van der Waals surface area contributed by atoms with E-state index in [4.69, 9.17) is 44.9 Å². The Morgan fingerprint density at radius 3 is 0.812 bits per heavy atom. The molecule has 0 radical (unpaired) electrons. The fourth-order valence-electron chi connectivity index (χ4n) is 8.58. The summed E-state index contributed by atoms with van der Waals surface area (Å²) in [7, 11) is 0. The van der Waals surface area contributed by atoms with Crippen molar-refractivity contribution in [2.24, 2.45) is 0 Å². The van der Waals surface area contributed by atoms with E-state index in [9.17, 15) is 0 Å². The molecule has 0 spiro atoms. The fourth-order valence-corrected chi connectivity index (χ4v) is 8.58. The Morgan fingerprint density at radius 2 is 0.536 bits per heavy atom. The van der Waals surface area contributed by atoms with Crippen molar-refractivity contribution < 1.29 is 0 Å². The summed E-state index contributed by atoms with van der Waals surface area (Å²) in [5.74, 6) is 3.44. The smallest absolute Gasteiger partial charge is 0.164 e. The van der Waals surface area contributed by atoms with Crippen LogP contribution in [0, 0.1) is 0 Å². The highest BCUT2D eigenvalue weighted by molar-refractivity contribution is 5.83. The van der Waals surface area contributed by atoms with Crippen LogP contribution < -0.4 is 0 Å². The Hall–Kier alpha value is -10.0. The van der Waals surface area contributed by atoms with Crippen molar-refractivity contribution in [3.05, 3.63) is 201 Å². The summed E-state index contributed by atoms with van der Waals surface area (Å²) < 4.78 is 6.06. The summed E-state index contributed by atoms with van der Waals surface area (Å²) in [6, 6.07) is 47.5. The number of hydrogen-bond donors (Lipinski definition) is 0. The van der Waals surface area contributed by atoms with Gasteiger partial charge in [-0.3, -0.25) is 13.7 Å². The van der Waals surface area contributed by atoms with Gasteiger partial charge in [-0.15, -0.1) is 0 Å². The Labute approximate surface area is 392 Å². The van der Waals surface area contributed by atoms with Gasteiger partial charge in [0.15, 0.2) is 34.4 Å². The van der Waals surface area contributed by atoms with Crippen molar-refractivity contribution >= 4 is 33.5 Å². The molecule has 15 heteroatoms. The maximum Gasteiger partial charge on any atom is 0.164 e. The molecule has 15 nitrogen and oxygen atoms in total. The fraction of sp³-hybridized carbons (Fsp3) is 0. The van der Waals surface area contributed by atoms with E-state index >= 15 is 0 Å². The van der Waals surface area contributed by atoms with Gasteiger partial charge in [0.1, 0.15) is 34.0 Å². The first kappa shape index (κ1) is 39.4. The Kier molecular flexibility index (Phi) is 9.38. The zero-order valence-corrected chi connectivity index (χ0v) is 36.3. The standard InChI is InChI=1S/C54H33N15/c1-4-13-40(14-5-1)67-49(64-43-19-10-22-55-52(43)67)37-28-58-46(59-29-37)34-25-35(47-60-30-38(31-61-47)50-65-44-20-11-23-56-53(44)68(50)41-15-6-2-7-16-41)27-36(26-34)48-62-32-39(33-63-48)51-66-45-21-12-24-57-54(45)69(51)42-17-8-3-9-18-42/h1-33H. The van der Waals surface area contributed by atoms with Crippen molar-refractivity contribution in [1.29, 1.82) is 0 Å². The monoisotopic (exact) mass is 891 g/mol. The number of imidazole rings is 3. The minimum absolute atomic E-state index is 0.476. The second-order valence-electron chi connectivity index (χ2n) is 16.0. The Balaban J connectivity index is 0.914. The maximum absolute atomic E-state index is 4.97. The first-order valence-corrected chi connectivity index (χ1v) is 22.0. The van der Waals surface area contributed by atoms with Crippen LogP contribution in [0.3, 0.4) is 0 Å². The molecule has 0 amide bonds. The summed E-state index contributed by atoms with van der Waals surface area (Å²) >= 11 is 0. The van der Waals surface area contributed by atoms with E-state index in [2.05, 4.69) is 15.0 Å². The molecule has 0 bridgehead atoms. The zero-order valence-electron chi connectivity index (χ0n) is 36.3. The van der Waals surface area contributed by atoms with Crippen LogP contribution in [-0.2, 0) is 0 Å². The van der Waals surface area contributed by atoms with Gasteiger partial charge in [-0.25, -0.2) is 59.8 Å². The molecule has 0 saturated heterocycles. The van der Waals surface area contributed by atoms with E-state index in [-0.39, 0.29) is 0 Å². The van der Waals surface area contributed by atoms with Crippen LogP contribution >= 0.6 is 0 Å². The Morgan fingerprint density at radius 1 is 0.261 bits per heavy atom. The molecule has 0 aliphatic carbocycles. The molecule has 13 rings (SSSR count). The third kappa shape index (κ3) is 7.01. The summed E-state index contributed by atoms with van der Waals surface area (Å²) in [6.07, 6.45) is 16.0. The van der Waals surface area contributed by atoms with Gasteiger partial charge < -0.3 is 0 Å². The molecule has 324 valence electrons. The van der Waals surface area contributed by atoms with Gasteiger partial charge in [0.05, 0.1) is 16.7 Å². The number of para-hydroxylation sites is 3. The number of rotatable bonds is 9. The molecule has 13 aromatic rings. The SMILES string of the molecule is c1ccc(-n2c(-c3cnc(-c4cc(-c5ncc(-c6nc7cccnc7n6-c6ccccc6)cn5)cc(-c5ncc(-c6nc7cccnc7n6-c6ccccc6)cn5)c4)nc3)nc3cccnc32)cc1. The van der Waals surface area contributed by atoms with Gasteiger partial charge in [-0.1, -0.05) is 54.6 Å². The van der Waals surface area contributed by atoms with Crippen molar-refractivity contribution in [2.45, 2.75) is 0 Å². The van der Waals surface area contributed by atoms with E-state index in [1.54, 1.807) is 55.8 Å². The van der Waals surface area contributed by atoms with E-state index < -0.39 is 0 Å². The molecule has 0 unspecified atom stereocenters. The predicted octanol–water partition coefficient (Wildman–Crippen LogP) is 10.3. The molecule has 0 fully saturated rings. The second kappa shape index (κ2) is 16.4. The van der Waals surface area contributed by atoms with E-state index in [1.165, 1.54) is 0 Å². The largest absolute Gasteiger partial charge is 0.277 e. The zero-order chi connectivity index (χ0) is 45.7. The minimum Gasteiger partial charge on any atom is -0.277 e. The predicted molar refractivity (Wildman–Crippen MR) is 263 cm³/mol. The minimum atomic E-state index is 0.476. The molecule has 0 saturated carbocycles. The van der Waals surface area contributed by atoms with E-state index in [1.807, 2.05) is 159 Å². The lowest BCUT2D eigenvalue weighted by molar-refractivity contribution is 1.06. The van der Waals surface area contributed by atoms with Crippen molar-refractivity contribution in [1.82, 2.24) is 73.5 Å². The molecule has 9 aromatic heterocycles. The number of aromatic nitrogens is 15. The van der Waals surface area contributed by atoms with Gasteiger partial charge in [-0.2, -0.15) is 0 Å². The van der Waals surface area contributed by atoms with Gasteiger partial charge in [0.25, 0.3) is 0 Å². The summed E-state index contributed by atoms with van der Waals surface area (Å²) in [5, 5.41) is 0. The number of hydrogen-bond acceptors (Lipinski definition) is 12. The molecule has 0 N–H and O–H groups in total. The van der Waals surface area contributed by atoms with Gasteiger partial charge in [0.2, 0.25) is 0 Å². The molecule has 4 aromatic carbocycles. The molecule has 0 aliphatic heterocycles. The third-order valence-corrected chi connectivity index (χ3v) is 11.7. The average molecular weight is 892 g/mol. The van der Waals surface area contributed by atoms with Crippen LogP contribution in [0.25, 0.3) is 119 Å². The molecule has 9 heterocycles. The van der Waals surface area contributed by atoms with Crippen molar-refractivity contribution in [3.8, 4) is 85.4 Å². The van der Waals surface area contributed by atoms with Crippen LogP contribution in [0.15, 0.2) is 201 Å². The van der Waals surface area contributed by atoms with Crippen LogP contribution in [0.5, 0.6) is 0 Å². The topological polar surface area (TPSA) is 169 Å². The normalized spacial score (nSPS) is 11.5. The summed E-state index contributed by atoms with van der Waals surface area (Å²) in [5.41, 5.74) is 11.6. The van der Waals surface area contributed by atoms with Crippen LogP contribution in [0.2, 0.25) is 0 Å². The first-order chi connectivity index (χ1) is 34.2. The number of fused-ring (bicyclic) bond motifs is 3. The van der Waals surface area contributed by atoms with Gasteiger partial charge in [-0.05, 0) is 91.0 Å². The second-order valence-corrected chi connectivity index (χ2v) is 16.0. The number of benzene rings is 4. The lowest BCUT2D eigenvalue weighted by Gasteiger charge is -2.11. The third-order valence-electron chi connectivity index (χ3n) is 11.7. The van der Waals surface area contributed by atoms with Gasteiger partial charge >= 0.3 is 0 Å². The van der Waals surface area contributed by atoms with Crippen molar-refractivity contribution in [2.75, 3.05) is 0 Å². The maximum atomic E-state index is 4.97. The van der Waals surface area contributed by atoms with Crippen LogP contribution in [0.1, 0.15) is 0 Å². The van der Waals surface area contributed by atoms with Crippen LogP contribution in [-0.4, -0.2) is 73.5 Å². The average Bonchev–Trinajstić information content (AvgIpc) is 4.14. The molecule has 0 aliphatic rings. The highest BCUT2D eigenvalue weighted by atomic mass is 15.2. The van der Waals surface area contributed by atoms with Crippen LogP contribution in [0.4, 0.5) is 0 Å². The van der Waals surface area contributed by atoms with E-state index in [0.29, 0.717) is 51.6 Å². The summed E-state index contributed by atoms with van der Waals surface area (Å²) in [6.45, 7) is 0. The highest BCUT2D eigenvalue weighted by Crippen LogP contribution is 2.34. The van der Waals surface area contributed by atoms with Crippen molar-refractivity contribution in [3.63, 3.8) is 0 Å². The lowest BCUT2D eigenvalue weighted by Crippen LogP contribution is -2.01. The lowest BCUT2D eigenvalue weighted by atomic mass is 10.0. The summed E-state index contributed by atoms with van der Waals surface area (Å²) in [4.78, 5) is 58.5. The molecule has 69 heavy (non-hydrogen) atoms.